The molecule has 0 radical (unpaired) electrons. The van der Waals surface area contributed by atoms with Crippen molar-refractivity contribution in [1.82, 2.24) is 14.9 Å². The van der Waals surface area contributed by atoms with Crippen molar-refractivity contribution in [2.24, 2.45) is 0 Å². The Hall–Kier alpha value is -1.86. The monoisotopic (exact) mass is 264 g/mol. The molecular formula is C11H11FN5S+. The lowest BCUT2D eigenvalue weighted by atomic mass is 10.2. The Morgan fingerprint density at radius 3 is 2.78 bits per heavy atom. The number of rotatable bonds is 2. The SMILES string of the molecule is [NH3+]Cc1nnc2n1NC(c1ccc(F)cc1)=CS2. The maximum absolute atomic E-state index is 12.9. The molecule has 0 atom stereocenters. The van der Waals surface area contributed by atoms with Crippen LogP contribution in [-0.2, 0) is 6.54 Å². The van der Waals surface area contributed by atoms with Gasteiger partial charge in [-0.3, -0.25) is 5.43 Å². The van der Waals surface area contributed by atoms with Crippen LogP contribution in [0.5, 0.6) is 0 Å². The van der Waals surface area contributed by atoms with Crippen LogP contribution in [0, 0.1) is 5.82 Å². The topological polar surface area (TPSA) is 70.4 Å². The molecule has 0 spiro atoms. The van der Waals surface area contributed by atoms with Crippen LogP contribution in [0.1, 0.15) is 11.4 Å². The van der Waals surface area contributed by atoms with E-state index in [9.17, 15) is 4.39 Å². The first kappa shape index (κ1) is 11.2. The number of thioether (sulfide) groups is 1. The van der Waals surface area contributed by atoms with E-state index in [1.54, 1.807) is 16.8 Å². The van der Waals surface area contributed by atoms with E-state index in [4.69, 9.17) is 0 Å². The third-order valence-electron chi connectivity index (χ3n) is 2.59. The maximum Gasteiger partial charge on any atom is 0.214 e. The second-order valence-corrected chi connectivity index (χ2v) is 4.59. The van der Waals surface area contributed by atoms with Crippen LogP contribution in [0.3, 0.4) is 0 Å². The molecule has 1 aliphatic rings. The zero-order chi connectivity index (χ0) is 12.5. The van der Waals surface area contributed by atoms with Crippen molar-refractivity contribution in [2.75, 3.05) is 5.43 Å². The zero-order valence-corrected chi connectivity index (χ0v) is 10.2. The lowest BCUT2D eigenvalue weighted by Crippen LogP contribution is -2.49. The number of aromatic nitrogens is 3. The summed E-state index contributed by atoms with van der Waals surface area (Å²) in [5.74, 6) is 0.524. The quantitative estimate of drug-likeness (QED) is 0.842. The Morgan fingerprint density at radius 1 is 1.28 bits per heavy atom. The molecule has 0 amide bonds. The minimum absolute atomic E-state index is 0.244. The van der Waals surface area contributed by atoms with Gasteiger partial charge in [0.2, 0.25) is 11.0 Å². The van der Waals surface area contributed by atoms with Gasteiger partial charge in [-0.05, 0) is 24.3 Å². The van der Waals surface area contributed by atoms with Gasteiger partial charge in [0.1, 0.15) is 12.4 Å². The summed E-state index contributed by atoms with van der Waals surface area (Å²) in [4.78, 5) is 0. The lowest BCUT2D eigenvalue weighted by molar-refractivity contribution is -0.388. The largest absolute Gasteiger partial charge is 0.351 e. The molecule has 0 saturated heterocycles. The van der Waals surface area contributed by atoms with E-state index in [-0.39, 0.29) is 5.82 Å². The van der Waals surface area contributed by atoms with E-state index >= 15 is 0 Å². The van der Waals surface area contributed by atoms with E-state index in [1.807, 2.05) is 5.41 Å². The number of fused-ring (bicyclic) bond motifs is 1. The molecule has 5 nitrogen and oxygen atoms in total. The van der Waals surface area contributed by atoms with Crippen LogP contribution in [0.15, 0.2) is 34.8 Å². The molecule has 0 fully saturated rings. The first-order chi connectivity index (χ1) is 8.78. The predicted octanol–water partition coefficient (Wildman–Crippen LogP) is 0.807. The Labute approximate surface area is 107 Å². The second-order valence-electron chi connectivity index (χ2n) is 3.75. The molecule has 1 aromatic heterocycles. The summed E-state index contributed by atoms with van der Waals surface area (Å²) in [7, 11) is 0. The number of benzene rings is 1. The zero-order valence-electron chi connectivity index (χ0n) is 9.43. The molecule has 1 aliphatic heterocycles. The van der Waals surface area contributed by atoms with Crippen molar-refractivity contribution in [1.29, 1.82) is 0 Å². The number of hydrogen-bond donors (Lipinski definition) is 2. The minimum atomic E-state index is -0.244. The molecule has 0 aliphatic carbocycles. The molecule has 18 heavy (non-hydrogen) atoms. The molecule has 4 N–H and O–H groups in total. The fourth-order valence-electron chi connectivity index (χ4n) is 1.67. The Kier molecular flexibility index (Phi) is 2.77. The maximum atomic E-state index is 12.9. The first-order valence-corrected chi connectivity index (χ1v) is 6.29. The van der Waals surface area contributed by atoms with Gasteiger partial charge in [-0.25, -0.2) is 9.07 Å². The summed E-state index contributed by atoms with van der Waals surface area (Å²) in [6, 6.07) is 6.33. The molecule has 92 valence electrons. The number of hydrogen-bond acceptors (Lipinski definition) is 4. The average molecular weight is 264 g/mol. The Balaban J connectivity index is 1.92. The van der Waals surface area contributed by atoms with Crippen LogP contribution < -0.4 is 11.2 Å². The summed E-state index contributed by atoms with van der Waals surface area (Å²) in [5, 5.41) is 10.8. The summed E-state index contributed by atoms with van der Waals surface area (Å²) in [6.45, 7) is 0.553. The van der Waals surface area contributed by atoms with E-state index in [0.29, 0.717) is 6.54 Å². The standard InChI is InChI=1S/C11H10FN5S/c12-8-3-1-7(2-4-8)9-6-18-11-15-14-10(5-13)17(11)16-9/h1-4,6,16H,5,13H2/p+1. The highest BCUT2D eigenvalue weighted by molar-refractivity contribution is 8.02. The summed E-state index contributed by atoms with van der Waals surface area (Å²) < 4.78 is 14.7. The molecule has 0 bridgehead atoms. The predicted molar refractivity (Wildman–Crippen MR) is 66.2 cm³/mol. The van der Waals surface area contributed by atoms with Gasteiger partial charge < -0.3 is 5.73 Å². The van der Waals surface area contributed by atoms with Crippen molar-refractivity contribution < 1.29 is 10.1 Å². The fourth-order valence-corrected chi connectivity index (χ4v) is 2.43. The summed E-state index contributed by atoms with van der Waals surface area (Å²) in [6.07, 6.45) is 0. The summed E-state index contributed by atoms with van der Waals surface area (Å²) in [5.41, 5.74) is 8.81. The summed E-state index contributed by atoms with van der Waals surface area (Å²) >= 11 is 1.48. The smallest absolute Gasteiger partial charge is 0.214 e. The highest BCUT2D eigenvalue weighted by Crippen LogP contribution is 2.28. The molecule has 3 rings (SSSR count). The molecule has 2 aromatic rings. The van der Waals surface area contributed by atoms with Gasteiger partial charge in [-0.2, -0.15) is 0 Å². The van der Waals surface area contributed by atoms with Crippen molar-refractivity contribution in [3.05, 3.63) is 46.9 Å². The van der Waals surface area contributed by atoms with Crippen molar-refractivity contribution >= 4 is 17.5 Å². The van der Waals surface area contributed by atoms with Crippen molar-refractivity contribution in [3.8, 4) is 0 Å². The third kappa shape index (κ3) is 1.87. The number of nitrogens with zero attached hydrogens (tertiary/aromatic N) is 3. The van der Waals surface area contributed by atoms with Gasteiger partial charge in [0, 0.05) is 11.0 Å². The lowest BCUT2D eigenvalue weighted by Gasteiger charge is -2.18. The fraction of sp³-hybridized carbons (Fsp3) is 0.0909. The highest BCUT2D eigenvalue weighted by atomic mass is 32.2. The number of halogens is 1. The van der Waals surface area contributed by atoms with Crippen LogP contribution in [0.4, 0.5) is 4.39 Å². The van der Waals surface area contributed by atoms with Gasteiger partial charge in [0.25, 0.3) is 0 Å². The van der Waals surface area contributed by atoms with Gasteiger partial charge in [0.15, 0.2) is 0 Å². The van der Waals surface area contributed by atoms with E-state index in [2.05, 4.69) is 21.4 Å². The van der Waals surface area contributed by atoms with Gasteiger partial charge in [0.05, 0.1) is 5.70 Å². The van der Waals surface area contributed by atoms with Gasteiger partial charge >= 0.3 is 0 Å². The van der Waals surface area contributed by atoms with Crippen molar-refractivity contribution in [2.45, 2.75) is 11.7 Å². The molecule has 2 heterocycles. The Bertz CT molecular complexity index is 604. The van der Waals surface area contributed by atoms with E-state index < -0.39 is 0 Å². The highest BCUT2D eigenvalue weighted by Gasteiger charge is 2.18. The van der Waals surface area contributed by atoms with Crippen LogP contribution in [0.2, 0.25) is 0 Å². The first-order valence-electron chi connectivity index (χ1n) is 5.41. The molecular weight excluding hydrogens is 253 g/mol. The molecule has 0 unspecified atom stereocenters. The Morgan fingerprint density at radius 2 is 2.06 bits per heavy atom. The number of quaternary nitrogens is 1. The third-order valence-corrected chi connectivity index (χ3v) is 3.42. The second kappa shape index (κ2) is 4.43. The van der Waals surface area contributed by atoms with Crippen LogP contribution >= 0.6 is 11.8 Å². The minimum Gasteiger partial charge on any atom is -0.351 e. The normalized spacial score (nSPS) is 13.8. The molecule has 0 saturated carbocycles. The average Bonchev–Trinajstić information content (AvgIpc) is 2.81. The van der Waals surface area contributed by atoms with Crippen LogP contribution in [-0.4, -0.2) is 14.9 Å². The molecule has 1 aromatic carbocycles. The van der Waals surface area contributed by atoms with Gasteiger partial charge in [-0.1, -0.05) is 11.8 Å². The van der Waals surface area contributed by atoms with Crippen LogP contribution in [0.25, 0.3) is 5.70 Å². The van der Waals surface area contributed by atoms with E-state index in [1.165, 1.54) is 23.9 Å². The number of nitrogens with one attached hydrogen (secondary N) is 1. The van der Waals surface area contributed by atoms with Gasteiger partial charge in [-0.15, -0.1) is 10.2 Å². The van der Waals surface area contributed by atoms with E-state index in [0.717, 1.165) is 22.2 Å². The molecule has 7 heteroatoms. The van der Waals surface area contributed by atoms with Crippen molar-refractivity contribution in [3.63, 3.8) is 0 Å².